The van der Waals surface area contributed by atoms with Crippen LogP contribution in [0.25, 0.3) is 0 Å². The fraction of sp³-hybridized carbons (Fsp3) is 0.600. The van der Waals surface area contributed by atoms with Crippen molar-refractivity contribution in [2.75, 3.05) is 26.7 Å². The number of rotatable bonds is 10. The molecule has 1 aromatic carbocycles. The number of unbranched alkanes of at least 4 members (excludes halogenated alkanes) is 3. The Morgan fingerprint density at radius 1 is 1.22 bits per heavy atom. The molecule has 7 heteroatoms. The Hall–Kier alpha value is -1.51. The van der Waals surface area contributed by atoms with Crippen LogP contribution in [-0.4, -0.2) is 44.8 Å². The predicted molar refractivity (Wildman–Crippen MR) is 119 cm³/mol. The molecule has 1 aliphatic rings. The third-order valence-electron chi connectivity index (χ3n) is 4.34. The third-order valence-corrected chi connectivity index (χ3v) is 4.34. The van der Waals surface area contributed by atoms with E-state index in [-0.39, 0.29) is 36.0 Å². The minimum atomic E-state index is -0.0912. The number of ether oxygens (including phenoxy) is 2. The lowest BCUT2D eigenvalue weighted by Gasteiger charge is -2.15. The standard InChI is InChI=1S/C20H31N3O3.HI/c1-3-25-19(24)12-6-4-5-9-13-22-20(21-2)23-15-17-14-16-10-7-8-11-18(16)26-17;/h7-8,10-11,17H,3-6,9,12-15H2,1-2H3,(H2,21,22,23);1H. The van der Waals surface area contributed by atoms with Crippen LogP contribution in [0.1, 0.15) is 44.6 Å². The highest BCUT2D eigenvalue weighted by molar-refractivity contribution is 14.0. The fourth-order valence-corrected chi connectivity index (χ4v) is 2.99. The number of para-hydroxylation sites is 1. The highest BCUT2D eigenvalue weighted by Crippen LogP contribution is 2.27. The number of nitrogens with one attached hydrogen (secondary N) is 2. The van der Waals surface area contributed by atoms with Crippen LogP contribution in [0, 0.1) is 0 Å². The van der Waals surface area contributed by atoms with Gasteiger partial charge in [0, 0.05) is 26.4 Å². The number of nitrogens with zero attached hydrogens (tertiary/aromatic N) is 1. The Morgan fingerprint density at radius 2 is 2.00 bits per heavy atom. The first-order valence-corrected chi connectivity index (χ1v) is 9.57. The van der Waals surface area contributed by atoms with Gasteiger partial charge in [-0.05, 0) is 31.4 Å². The Labute approximate surface area is 179 Å². The first-order valence-electron chi connectivity index (χ1n) is 9.57. The molecule has 0 radical (unpaired) electrons. The smallest absolute Gasteiger partial charge is 0.305 e. The molecule has 0 spiro atoms. The van der Waals surface area contributed by atoms with Gasteiger partial charge in [0.05, 0.1) is 13.2 Å². The van der Waals surface area contributed by atoms with Gasteiger partial charge in [0.25, 0.3) is 0 Å². The van der Waals surface area contributed by atoms with E-state index in [0.717, 1.165) is 56.9 Å². The molecule has 0 fully saturated rings. The summed E-state index contributed by atoms with van der Waals surface area (Å²) in [6.07, 6.45) is 5.68. The summed E-state index contributed by atoms with van der Waals surface area (Å²) in [5.74, 6) is 1.70. The van der Waals surface area contributed by atoms with Gasteiger partial charge in [-0.3, -0.25) is 9.79 Å². The van der Waals surface area contributed by atoms with Crippen LogP contribution in [0.3, 0.4) is 0 Å². The summed E-state index contributed by atoms with van der Waals surface area (Å²) < 4.78 is 10.8. The van der Waals surface area contributed by atoms with Crippen LogP contribution in [0.2, 0.25) is 0 Å². The normalized spacial score (nSPS) is 15.3. The number of hydrogen-bond acceptors (Lipinski definition) is 4. The second-order valence-electron chi connectivity index (χ2n) is 6.40. The van der Waals surface area contributed by atoms with E-state index in [1.54, 1.807) is 7.05 Å². The molecule has 1 unspecified atom stereocenters. The minimum Gasteiger partial charge on any atom is -0.488 e. The second-order valence-corrected chi connectivity index (χ2v) is 6.40. The van der Waals surface area contributed by atoms with E-state index in [4.69, 9.17) is 9.47 Å². The molecule has 2 rings (SSSR count). The van der Waals surface area contributed by atoms with Gasteiger partial charge in [-0.25, -0.2) is 0 Å². The topological polar surface area (TPSA) is 72.0 Å². The van der Waals surface area contributed by atoms with Crippen molar-refractivity contribution in [2.24, 2.45) is 4.99 Å². The molecule has 0 bridgehead atoms. The van der Waals surface area contributed by atoms with Crippen LogP contribution >= 0.6 is 24.0 Å². The number of halogens is 1. The first-order chi connectivity index (χ1) is 12.7. The third kappa shape index (κ3) is 8.81. The van der Waals surface area contributed by atoms with E-state index in [0.29, 0.717) is 13.0 Å². The summed E-state index contributed by atoms with van der Waals surface area (Å²) in [5.41, 5.74) is 1.27. The number of carbonyl (C=O) groups excluding carboxylic acids is 1. The molecule has 0 saturated carbocycles. The van der Waals surface area contributed by atoms with Crippen LogP contribution in [0.15, 0.2) is 29.3 Å². The molecule has 0 saturated heterocycles. The Bertz CT molecular complexity index is 571. The Kier molecular flexibility index (Phi) is 11.9. The first kappa shape index (κ1) is 23.5. The van der Waals surface area contributed by atoms with E-state index in [9.17, 15) is 4.79 Å². The van der Waals surface area contributed by atoms with Gasteiger partial charge in [-0.2, -0.15) is 0 Å². The maximum atomic E-state index is 11.2. The summed E-state index contributed by atoms with van der Waals surface area (Å²) in [5, 5.41) is 6.66. The van der Waals surface area contributed by atoms with Gasteiger partial charge in [0.2, 0.25) is 0 Å². The lowest BCUT2D eigenvalue weighted by Crippen LogP contribution is -2.42. The number of carbonyl (C=O) groups is 1. The summed E-state index contributed by atoms with van der Waals surface area (Å²) in [6.45, 7) is 3.90. The Balaban J connectivity index is 0.00000364. The molecule has 0 amide bonds. The van der Waals surface area contributed by atoms with Crippen LogP contribution in [-0.2, 0) is 16.0 Å². The molecule has 152 valence electrons. The number of guanidine groups is 1. The van der Waals surface area contributed by atoms with Gasteiger partial charge < -0.3 is 20.1 Å². The van der Waals surface area contributed by atoms with E-state index >= 15 is 0 Å². The van der Waals surface area contributed by atoms with E-state index in [1.807, 2.05) is 25.1 Å². The van der Waals surface area contributed by atoms with Crippen LogP contribution in [0.5, 0.6) is 5.75 Å². The molecule has 6 nitrogen and oxygen atoms in total. The Morgan fingerprint density at radius 3 is 2.74 bits per heavy atom. The van der Waals surface area contributed by atoms with E-state index in [2.05, 4.69) is 21.7 Å². The molecule has 1 atom stereocenters. The molecule has 0 aromatic heterocycles. The predicted octanol–water partition coefficient (Wildman–Crippen LogP) is 3.29. The average molecular weight is 489 g/mol. The van der Waals surface area contributed by atoms with Crippen molar-refractivity contribution in [3.05, 3.63) is 29.8 Å². The summed E-state index contributed by atoms with van der Waals surface area (Å²) in [4.78, 5) is 15.5. The van der Waals surface area contributed by atoms with Gasteiger partial charge in [0.15, 0.2) is 5.96 Å². The van der Waals surface area contributed by atoms with Gasteiger partial charge in [-0.1, -0.05) is 31.0 Å². The van der Waals surface area contributed by atoms with Crippen molar-refractivity contribution in [2.45, 2.75) is 51.6 Å². The van der Waals surface area contributed by atoms with E-state index in [1.165, 1.54) is 5.56 Å². The van der Waals surface area contributed by atoms with Gasteiger partial charge in [-0.15, -0.1) is 24.0 Å². The maximum Gasteiger partial charge on any atom is 0.305 e. The number of aliphatic imine (C=N–C) groups is 1. The zero-order valence-corrected chi connectivity index (χ0v) is 18.7. The molecule has 2 N–H and O–H groups in total. The molecule has 0 aliphatic carbocycles. The average Bonchev–Trinajstić information content (AvgIpc) is 3.06. The zero-order valence-electron chi connectivity index (χ0n) is 16.3. The van der Waals surface area contributed by atoms with Crippen molar-refractivity contribution in [3.8, 4) is 5.75 Å². The summed E-state index contributed by atoms with van der Waals surface area (Å²) in [6, 6.07) is 8.18. The summed E-state index contributed by atoms with van der Waals surface area (Å²) >= 11 is 0. The van der Waals surface area contributed by atoms with Crippen molar-refractivity contribution in [3.63, 3.8) is 0 Å². The molecule has 1 aliphatic heterocycles. The molecule has 27 heavy (non-hydrogen) atoms. The fourth-order valence-electron chi connectivity index (χ4n) is 2.99. The maximum absolute atomic E-state index is 11.2. The number of esters is 1. The van der Waals surface area contributed by atoms with E-state index < -0.39 is 0 Å². The van der Waals surface area contributed by atoms with Crippen molar-refractivity contribution in [1.82, 2.24) is 10.6 Å². The van der Waals surface area contributed by atoms with Gasteiger partial charge >= 0.3 is 5.97 Å². The van der Waals surface area contributed by atoms with Crippen molar-refractivity contribution >= 4 is 35.9 Å². The monoisotopic (exact) mass is 489 g/mol. The van der Waals surface area contributed by atoms with Crippen molar-refractivity contribution in [1.29, 1.82) is 0 Å². The molecular weight excluding hydrogens is 457 g/mol. The lowest BCUT2D eigenvalue weighted by atomic mass is 10.1. The molecule has 1 aromatic rings. The minimum absolute atomic E-state index is 0. The highest BCUT2D eigenvalue weighted by atomic mass is 127. The number of benzene rings is 1. The number of fused-ring (bicyclic) bond motifs is 1. The number of hydrogen-bond donors (Lipinski definition) is 2. The largest absolute Gasteiger partial charge is 0.488 e. The van der Waals surface area contributed by atoms with Gasteiger partial charge in [0.1, 0.15) is 11.9 Å². The molecule has 1 heterocycles. The van der Waals surface area contributed by atoms with Crippen LogP contribution < -0.4 is 15.4 Å². The van der Waals surface area contributed by atoms with Crippen molar-refractivity contribution < 1.29 is 14.3 Å². The zero-order chi connectivity index (χ0) is 18.6. The second kappa shape index (κ2) is 13.6. The quantitative estimate of drug-likeness (QED) is 0.174. The highest BCUT2D eigenvalue weighted by Gasteiger charge is 2.22. The molecular formula is C20H32IN3O3. The summed E-state index contributed by atoms with van der Waals surface area (Å²) in [7, 11) is 1.78. The SMILES string of the molecule is CCOC(=O)CCCCCCNC(=NC)NCC1Cc2ccccc2O1.I. The lowest BCUT2D eigenvalue weighted by molar-refractivity contribution is -0.143. The van der Waals surface area contributed by atoms with Crippen LogP contribution in [0.4, 0.5) is 0 Å².